The molecule has 0 aliphatic rings. The van der Waals surface area contributed by atoms with Gasteiger partial charge >= 0.3 is 0 Å². The molecule has 0 saturated heterocycles. The summed E-state index contributed by atoms with van der Waals surface area (Å²) in [6.07, 6.45) is 4.82. The van der Waals surface area contributed by atoms with Crippen LogP contribution in [0.15, 0.2) is 65.4 Å². The minimum atomic E-state index is -0.286. The molecule has 4 rings (SSSR count). The third-order valence-corrected chi connectivity index (χ3v) is 4.37. The van der Waals surface area contributed by atoms with Crippen molar-refractivity contribution in [3.8, 4) is 23.0 Å². The Morgan fingerprint density at radius 2 is 1.86 bits per heavy atom. The molecule has 0 radical (unpaired) electrons. The predicted molar refractivity (Wildman–Crippen MR) is 109 cm³/mol. The van der Waals surface area contributed by atoms with E-state index in [0.29, 0.717) is 24.7 Å². The lowest BCUT2D eigenvalue weighted by atomic mass is 10.2. The summed E-state index contributed by atoms with van der Waals surface area (Å²) in [7, 11) is 0. The molecule has 0 aliphatic heterocycles. The van der Waals surface area contributed by atoms with Gasteiger partial charge in [0.1, 0.15) is 23.6 Å². The van der Waals surface area contributed by atoms with Crippen LogP contribution < -0.4 is 5.32 Å². The molecule has 0 atom stereocenters. The van der Waals surface area contributed by atoms with Gasteiger partial charge in [0.15, 0.2) is 5.82 Å². The first-order chi connectivity index (χ1) is 14.2. The van der Waals surface area contributed by atoms with Crippen LogP contribution in [0.25, 0.3) is 23.0 Å². The van der Waals surface area contributed by atoms with Crippen molar-refractivity contribution in [2.24, 2.45) is 0 Å². The maximum absolute atomic E-state index is 13.1. The van der Waals surface area contributed by atoms with E-state index in [9.17, 15) is 4.39 Å². The first kappa shape index (κ1) is 18.7. The number of benzene rings is 1. The Labute approximate surface area is 167 Å². The first-order valence-electron chi connectivity index (χ1n) is 9.45. The van der Waals surface area contributed by atoms with Crippen molar-refractivity contribution < 1.29 is 8.81 Å². The van der Waals surface area contributed by atoms with Crippen molar-refractivity contribution in [2.45, 2.75) is 19.8 Å². The predicted octanol–water partition coefficient (Wildman–Crippen LogP) is 4.55. The van der Waals surface area contributed by atoms with Crippen LogP contribution in [0.3, 0.4) is 0 Å². The van der Waals surface area contributed by atoms with Crippen LogP contribution >= 0.6 is 0 Å². The third kappa shape index (κ3) is 4.63. The van der Waals surface area contributed by atoms with Crippen LogP contribution in [-0.4, -0.2) is 26.5 Å². The quantitative estimate of drug-likeness (QED) is 0.500. The summed E-state index contributed by atoms with van der Waals surface area (Å²) in [5, 5.41) is 3.32. The molecule has 29 heavy (non-hydrogen) atoms. The molecule has 0 saturated carbocycles. The van der Waals surface area contributed by atoms with Crippen molar-refractivity contribution in [3.63, 3.8) is 0 Å². The van der Waals surface area contributed by atoms with E-state index in [1.807, 2.05) is 24.3 Å². The Hall–Kier alpha value is -3.61. The van der Waals surface area contributed by atoms with Crippen molar-refractivity contribution >= 4 is 5.82 Å². The Morgan fingerprint density at radius 3 is 2.62 bits per heavy atom. The summed E-state index contributed by atoms with van der Waals surface area (Å²) in [6, 6.07) is 13.7. The largest absolute Gasteiger partial charge is 0.444 e. The van der Waals surface area contributed by atoms with E-state index in [1.165, 1.54) is 12.1 Å². The van der Waals surface area contributed by atoms with E-state index in [0.717, 1.165) is 34.9 Å². The van der Waals surface area contributed by atoms with Gasteiger partial charge in [0.25, 0.3) is 0 Å². The van der Waals surface area contributed by atoms with Crippen LogP contribution in [0.2, 0.25) is 0 Å². The average Bonchev–Trinajstić information content (AvgIpc) is 3.23. The van der Waals surface area contributed by atoms with Crippen LogP contribution in [0.5, 0.6) is 0 Å². The second-order valence-electron chi connectivity index (χ2n) is 6.46. The van der Waals surface area contributed by atoms with Crippen molar-refractivity contribution in [3.05, 3.63) is 78.2 Å². The van der Waals surface area contributed by atoms with E-state index >= 15 is 0 Å². The molecule has 0 spiro atoms. The van der Waals surface area contributed by atoms with Crippen LogP contribution in [-0.2, 0) is 12.8 Å². The molecule has 6 nitrogen and oxygen atoms in total. The summed E-state index contributed by atoms with van der Waals surface area (Å²) in [6.45, 7) is 2.69. The van der Waals surface area contributed by atoms with Gasteiger partial charge in [-0.25, -0.2) is 19.3 Å². The monoisotopic (exact) mass is 389 g/mol. The summed E-state index contributed by atoms with van der Waals surface area (Å²) in [5.41, 5.74) is 3.25. The molecule has 146 valence electrons. The standard InChI is InChI=1S/C22H20FN5O/c1-2-17-13-20(28-21(26-17)19-5-3-4-11-24-19)25-12-10-18-14-29-22(27-18)15-6-8-16(23)9-7-15/h3-9,11,13-14H,2,10,12H2,1H3,(H,25,26,28). The lowest BCUT2D eigenvalue weighted by Gasteiger charge is -2.08. The zero-order valence-corrected chi connectivity index (χ0v) is 16.0. The number of nitrogens with one attached hydrogen (secondary N) is 1. The van der Waals surface area contributed by atoms with Crippen molar-refractivity contribution in [1.29, 1.82) is 0 Å². The highest BCUT2D eigenvalue weighted by Crippen LogP contribution is 2.20. The van der Waals surface area contributed by atoms with Gasteiger partial charge < -0.3 is 9.73 Å². The SMILES string of the molecule is CCc1cc(NCCc2coc(-c3ccc(F)cc3)n2)nc(-c2ccccn2)n1. The first-order valence-corrected chi connectivity index (χ1v) is 9.45. The van der Waals surface area contributed by atoms with Crippen LogP contribution in [0.4, 0.5) is 10.2 Å². The summed E-state index contributed by atoms with van der Waals surface area (Å²) >= 11 is 0. The number of pyridine rings is 1. The second-order valence-corrected chi connectivity index (χ2v) is 6.46. The van der Waals surface area contributed by atoms with E-state index < -0.39 is 0 Å². The number of hydrogen-bond acceptors (Lipinski definition) is 6. The van der Waals surface area contributed by atoms with Crippen LogP contribution in [0.1, 0.15) is 18.3 Å². The Bertz CT molecular complexity index is 1080. The van der Waals surface area contributed by atoms with Crippen LogP contribution in [0, 0.1) is 5.82 Å². The summed E-state index contributed by atoms with van der Waals surface area (Å²) in [4.78, 5) is 17.9. The van der Waals surface area contributed by atoms with E-state index in [2.05, 4.69) is 32.2 Å². The lowest BCUT2D eigenvalue weighted by molar-refractivity contribution is 0.572. The van der Waals surface area contributed by atoms with Gasteiger partial charge in [0.05, 0.1) is 5.69 Å². The number of aromatic nitrogens is 4. The lowest BCUT2D eigenvalue weighted by Crippen LogP contribution is -2.09. The normalized spacial score (nSPS) is 10.8. The highest BCUT2D eigenvalue weighted by atomic mass is 19.1. The average molecular weight is 389 g/mol. The van der Waals surface area contributed by atoms with E-state index in [1.54, 1.807) is 24.6 Å². The number of halogens is 1. The molecular weight excluding hydrogens is 369 g/mol. The zero-order valence-electron chi connectivity index (χ0n) is 16.0. The molecule has 3 heterocycles. The molecule has 0 amide bonds. The van der Waals surface area contributed by atoms with Crippen molar-refractivity contribution in [2.75, 3.05) is 11.9 Å². The topological polar surface area (TPSA) is 76.7 Å². The number of hydrogen-bond donors (Lipinski definition) is 1. The Kier molecular flexibility index (Phi) is 5.56. The van der Waals surface area contributed by atoms with Gasteiger partial charge in [-0.1, -0.05) is 13.0 Å². The molecular formula is C22H20FN5O. The maximum atomic E-state index is 13.1. The van der Waals surface area contributed by atoms with Gasteiger partial charge in [-0.15, -0.1) is 0 Å². The minimum absolute atomic E-state index is 0.286. The molecule has 4 aromatic rings. The smallest absolute Gasteiger partial charge is 0.226 e. The van der Waals surface area contributed by atoms with E-state index in [4.69, 9.17) is 4.42 Å². The summed E-state index contributed by atoms with van der Waals surface area (Å²) in [5.74, 6) is 1.55. The number of oxazole rings is 1. The van der Waals surface area contributed by atoms with E-state index in [-0.39, 0.29) is 5.82 Å². The molecule has 7 heteroatoms. The van der Waals surface area contributed by atoms with Gasteiger partial charge in [-0.05, 0) is 42.8 Å². The Balaban J connectivity index is 1.42. The fraction of sp³-hybridized carbons (Fsp3) is 0.182. The zero-order chi connectivity index (χ0) is 20.1. The fourth-order valence-electron chi connectivity index (χ4n) is 2.84. The van der Waals surface area contributed by atoms with Crippen molar-refractivity contribution in [1.82, 2.24) is 19.9 Å². The van der Waals surface area contributed by atoms with Gasteiger partial charge in [0, 0.05) is 36.5 Å². The third-order valence-electron chi connectivity index (χ3n) is 4.37. The fourth-order valence-corrected chi connectivity index (χ4v) is 2.84. The molecule has 1 N–H and O–H groups in total. The highest BCUT2D eigenvalue weighted by molar-refractivity contribution is 5.54. The highest BCUT2D eigenvalue weighted by Gasteiger charge is 2.09. The second kappa shape index (κ2) is 8.60. The number of aryl methyl sites for hydroxylation is 1. The molecule has 1 aromatic carbocycles. The van der Waals surface area contributed by atoms with Gasteiger partial charge in [-0.2, -0.15) is 0 Å². The maximum Gasteiger partial charge on any atom is 0.226 e. The van der Waals surface area contributed by atoms with Gasteiger partial charge in [-0.3, -0.25) is 4.98 Å². The molecule has 0 bridgehead atoms. The number of rotatable bonds is 7. The van der Waals surface area contributed by atoms with Gasteiger partial charge in [0.2, 0.25) is 5.89 Å². The number of anilines is 1. The molecule has 0 fully saturated rings. The number of nitrogens with zero attached hydrogens (tertiary/aromatic N) is 4. The summed E-state index contributed by atoms with van der Waals surface area (Å²) < 4.78 is 18.6. The molecule has 3 aromatic heterocycles. The minimum Gasteiger partial charge on any atom is -0.444 e. The Morgan fingerprint density at radius 1 is 1.00 bits per heavy atom. The molecule has 0 unspecified atom stereocenters. The molecule has 0 aliphatic carbocycles.